The molecule has 0 spiro atoms. The Kier molecular flexibility index (Phi) is 6.23. The highest BCUT2D eigenvalue weighted by Gasteiger charge is 2.11. The van der Waals surface area contributed by atoms with Crippen LogP contribution in [0.5, 0.6) is 0 Å². The molecular formula is C18H17Cl2NO3. The summed E-state index contributed by atoms with van der Waals surface area (Å²) < 4.78 is 4.67. The third kappa shape index (κ3) is 4.49. The highest BCUT2D eigenvalue weighted by Crippen LogP contribution is 2.26. The summed E-state index contributed by atoms with van der Waals surface area (Å²) in [6, 6.07) is 10.3. The average Bonchev–Trinajstić information content (AvgIpc) is 2.57. The molecule has 0 aliphatic carbocycles. The summed E-state index contributed by atoms with van der Waals surface area (Å²) in [6.45, 7) is 1.82. The average molecular weight is 366 g/mol. The molecule has 1 amide bonds. The van der Waals surface area contributed by atoms with Gasteiger partial charge >= 0.3 is 5.97 Å². The van der Waals surface area contributed by atoms with Gasteiger partial charge in [0.15, 0.2) is 0 Å². The lowest BCUT2D eigenvalue weighted by atomic mass is 10.1. The number of rotatable bonds is 5. The van der Waals surface area contributed by atoms with Gasteiger partial charge in [0.05, 0.1) is 22.7 Å². The molecule has 0 fully saturated rings. The van der Waals surface area contributed by atoms with Crippen molar-refractivity contribution in [1.29, 1.82) is 0 Å². The van der Waals surface area contributed by atoms with Gasteiger partial charge in [-0.2, -0.15) is 0 Å². The smallest absolute Gasteiger partial charge is 0.337 e. The minimum Gasteiger partial charge on any atom is -0.465 e. The molecule has 2 aromatic carbocycles. The predicted octanol–water partition coefficient (Wildman–Crippen LogP) is 4.66. The number of ether oxygens (including phenoxy) is 1. The van der Waals surface area contributed by atoms with Gasteiger partial charge in [0, 0.05) is 12.1 Å². The van der Waals surface area contributed by atoms with E-state index in [1.165, 1.54) is 7.11 Å². The summed E-state index contributed by atoms with van der Waals surface area (Å²) in [5, 5.41) is 3.78. The maximum atomic E-state index is 12.1. The first-order valence-electron chi connectivity index (χ1n) is 7.34. The van der Waals surface area contributed by atoms with Crippen LogP contribution >= 0.6 is 23.2 Å². The molecule has 0 aliphatic rings. The van der Waals surface area contributed by atoms with Gasteiger partial charge in [-0.1, -0.05) is 35.3 Å². The molecule has 24 heavy (non-hydrogen) atoms. The molecule has 0 heterocycles. The number of amides is 1. The van der Waals surface area contributed by atoms with Gasteiger partial charge in [-0.05, 0) is 48.7 Å². The Balaban J connectivity index is 2.00. The minimum atomic E-state index is -0.411. The second-order valence-electron chi connectivity index (χ2n) is 5.28. The van der Waals surface area contributed by atoms with Crippen molar-refractivity contribution in [3.05, 3.63) is 63.1 Å². The second kappa shape index (κ2) is 8.18. The van der Waals surface area contributed by atoms with E-state index in [1.807, 2.05) is 13.0 Å². The van der Waals surface area contributed by atoms with Crippen LogP contribution in [0.2, 0.25) is 10.0 Å². The van der Waals surface area contributed by atoms with E-state index >= 15 is 0 Å². The zero-order chi connectivity index (χ0) is 17.7. The Morgan fingerprint density at radius 3 is 2.58 bits per heavy atom. The molecule has 0 atom stereocenters. The fourth-order valence-corrected chi connectivity index (χ4v) is 2.67. The van der Waals surface area contributed by atoms with E-state index in [1.54, 1.807) is 30.3 Å². The number of carbonyl (C=O) groups is 2. The lowest BCUT2D eigenvalue weighted by molar-refractivity contribution is -0.116. The number of hydrogen-bond acceptors (Lipinski definition) is 3. The van der Waals surface area contributed by atoms with Crippen LogP contribution in [0.15, 0.2) is 36.4 Å². The summed E-state index contributed by atoms with van der Waals surface area (Å²) in [4.78, 5) is 23.6. The number of benzene rings is 2. The van der Waals surface area contributed by atoms with Crippen LogP contribution in [0.3, 0.4) is 0 Å². The van der Waals surface area contributed by atoms with E-state index in [-0.39, 0.29) is 12.3 Å². The molecule has 0 saturated carbocycles. The summed E-state index contributed by atoms with van der Waals surface area (Å²) in [6.07, 6.45) is 0.767. The molecule has 0 saturated heterocycles. The Labute approximate surface area is 150 Å². The Hall–Kier alpha value is -2.04. The van der Waals surface area contributed by atoms with Crippen molar-refractivity contribution in [3.63, 3.8) is 0 Å². The molecule has 0 aliphatic heterocycles. The number of methoxy groups -OCH3 is 1. The monoisotopic (exact) mass is 365 g/mol. The largest absolute Gasteiger partial charge is 0.465 e. The van der Waals surface area contributed by atoms with Crippen LogP contribution < -0.4 is 5.32 Å². The number of esters is 1. The van der Waals surface area contributed by atoms with Crippen molar-refractivity contribution >= 4 is 40.8 Å². The third-order valence-electron chi connectivity index (χ3n) is 3.57. The lowest BCUT2D eigenvalue weighted by Crippen LogP contribution is -2.14. The van der Waals surface area contributed by atoms with Crippen molar-refractivity contribution in [1.82, 2.24) is 0 Å². The minimum absolute atomic E-state index is 0.139. The van der Waals surface area contributed by atoms with E-state index in [2.05, 4.69) is 10.1 Å². The summed E-state index contributed by atoms with van der Waals surface area (Å²) in [7, 11) is 1.33. The second-order valence-corrected chi connectivity index (χ2v) is 6.07. The number of carbonyl (C=O) groups excluding carboxylic acids is 2. The highest BCUT2D eigenvalue weighted by atomic mass is 35.5. The van der Waals surface area contributed by atoms with Gasteiger partial charge in [0.2, 0.25) is 5.91 Å². The topological polar surface area (TPSA) is 55.4 Å². The summed E-state index contributed by atoms with van der Waals surface area (Å²) in [5.74, 6) is -0.550. The number of nitrogens with one attached hydrogen (secondary N) is 1. The predicted molar refractivity (Wildman–Crippen MR) is 95.9 cm³/mol. The molecule has 0 aromatic heterocycles. The molecule has 0 bridgehead atoms. The maximum absolute atomic E-state index is 12.1. The van der Waals surface area contributed by atoms with E-state index in [0.29, 0.717) is 27.7 Å². The molecule has 0 radical (unpaired) electrons. The van der Waals surface area contributed by atoms with E-state index in [0.717, 1.165) is 11.1 Å². The zero-order valence-corrected chi connectivity index (χ0v) is 14.9. The standard InChI is InChI=1S/C18H17Cl2NO3/c1-11-10-13(18(23)24-2)6-8-15(11)21-16(22)9-7-12-4-3-5-14(19)17(12)20/h3-6,8,10H,7,9H2,1-2H3,(H,21,22). The van der Waals surface area contributed by atoms with Crippen molar-refractivity contribution in [2.45, 2.75) is 19.8 Å². The van der Waals surface area contributed by atoms with Crippen molar-refractivity contribution in [2.24, 2.45) is 0 Å². The van der Waals surface area contributed by atoms with Crippen LogP contribution in [0.25, 0.3) is 0 Å². The first-order chi connectivity index (χ1) is 11.4. The third-order valence-corrected chi connectivity index (χ3v) is 4.43. The molecule has 0 unspecified atom stereocenters. The number of halogens is 2. The molecule has 6 heteroatoms. The lowest BCUT2D eigenvalue weighted by Gasteiger charge is -2.10. The van der Waals surface area contributed by atoms with Gasteiger partial charge in [-0.25, -0.2) is 4.79 Å². The SMILES string of the molecule is COC(=O)c1ccc(NC(=O)CCc2cccc(Cl)c2Cl)c(C)c1. The number of hydrogen-bond donors (Lipinski definition) is 1. The van der Waals surface area contributed by atoms with Gasteiger partial charge in [-0.3, -0.25) is 4.79 Å². The van der Waals surface area contributed by atoms with Gasteiger partial charge in [0.25, 0.3) is 0 Å². The van der Waals surface area contributed by atoms with Crippen molar-refractivity contribution in [3.8, 4) is 0 Å². The van der Waals surface area contributed by atoms with Gasteiger partial charge in [-0.15, -0.1) is 0 Å². The molecule has 1 N–H and O–H groups in total. The maximum Gasteiger partial charge on any atom is 0.337 e. The molecule has 126 valence electrons. The van der Waals surface area contributed by atoms with Gasteiger partial charge in [0.1, 0.15) is 0 Å². The molecule has 2 rings (SSSR count). The zero-order valence-electron chi connectivity index (χ0n) is 13.4. The first-order valence-corrected chi connectivity index (χ1v) is 8.09. The van der Waals surface area contributed by atoms with Crippen LogP contribution in [0.4, 0.5) is 5.69 Å². The van der Waals surface area contributed by atoms with Crippen LogP contribution in [0, 0.1) is 6.92 Å². The fourth-order valence-electron chi connectivity index (χ4n) is 2.25. The quantitative estimate of drug-likeness (QED) is 0.783. The van der Waals surface area contributed by atoms with E-state index in [4.69, 9.17) is 23.2 Å². The van der Waals surface area contributed by atoms with Crippen LogP contribution in [-0.2, 0) is 16.0 Å². The summed E-state index contributed by atoms with van der Waals surface area (Å²) >= 11 is 12.1. The molecular weight excluding hydrogens is 349 g/mol. The number of aryl methyl sites for hydroxylation is 2. The van der Waals surface area contributed by atoms with E-state index < -0.39 is 5.97 Å². The Morgan fingerprint density at radius 2 is 1.92 bits per heavy atom. The first kappa shape index (κ1) is 18.3. The molecule has 4 nitrogen and oxygen atoms in total. The highest BCUT2D eigenvalue weighted by molar-refractivity contribution is 6.42. The summed E-state index contributed by atoms with van der Waals surface area (Å²) in [5.41, 5.74) is 2.72. The van der Waals surface area contributed by atoms with Crippen molar-refractivity contribution < 1.29 is 14.3 Å². The Bertz CT molecular complexity index is 775. The Morgan fingerprint density at radius 1 is 1.17 bits per heavy atom. The van der Waals surface area contributed by atoms with Crippen molar-refractivity contribution in [2.75, 3.05) is 12.4 Å². The van der Waals surface area contributed by atoms with Crippen LogP contribution in [0.1, 0.15) is 27.9 Å². The van der Waals surface area contributed by atoms with Crippen LogP contribution in [-0.4, -0.2) is 19.0 Å². The van der Waals surface area contributed by atoms with E-state index in [9.17, 15) is 9.59 Å². The normalized spacial score (nSPS) is 10.3. The fraction of sp³-hybridized carbons (Fsp3) is 0.222. The molecule has 2 aromatic rings. The van der Waals surface area contributed by atoms with Gasteiger partial charge < -0.3 is 10.1 Å². The number of anilines is 1.